The predicted octanol–water partition coefficient (Wildman–Crippen LogP) is 2.91. The molecule has 0 unspecified atom stereocenters. The summed E-state index contributed by atoms with van der Waals surface area (Å²) in [7, 11) is 4.73. The maximum Gasteiger partial charge on any atom is 0.129 e. The molecule has 0 saturated heterocycles. The van der Waals surface area contributed by atoms with Gasteiger partial charge in [0.05, 0.1) is 21.3 Å². The molecule has 0 saturated carbocycles. The first kappa shape index (κ1) is 15.8. The molecule has 0 amide bonds. The minimum atomic E-state index is 0.0754. The van der Waals surface area contributed by atoms with Gasteiger partial charge >= 0.3 is 0 Å². The minimum absolute atomic E-state index is 0.0754. The predicted molar refractivity (Wildman–Crippen MR) is 83.3 cm³/mol. The molecular weight excluding hydrogens is 284 g/mol. The Bertz CT molecular complexity index is 606. The molecule has 2 rings (SSSR count). The summed E-state index contributed by atoms with van der Waals surface area (Å²) in [4.78, 5) is 0. The third kappa shape index (κ3) is 3.19. The standard InChI is InChI=1S/C17H20O5/c1-20-11-9-16(21-2)13(17(10-11)22-3)8-7-12-14(18)5-4-6-15(12)19/h4-6,9-10,18-19H,7-8H2,1-3H3. The number of phenols is 2. The van der Waals surface area contributed by atoms with Crippen LogP contribution < -0.4 is 14.2 Å². The van der Waals surface area contributed by atoms with E-state index in [1.54, 1.807) is 51.7 Å². The van der Waals surface area contributed by atoms with Crippen molar-refractivity contribution in [3.05, 3.63) is 41.5 Å². The highest BCUT2D eigenvalue weighted by atomic mass is 16.5. The van der Waals surface area contributed by atoms with Crippen molar-refractivity contribution >= 4 is 0 Å². The second-order valence-corrected chi connectivity index (χ2v) is 4.79. The number of hydrogen-bond donors (Lipinski definition) is 2. The molecule has 5 heteroatoms. The number of benzene rings is 2. The summed E-state index contributed by atoms with van der Waals surface area (Å²) >= 11 is 0. The lowest BCUT2D eigenvalue weighted by atomic mass is 10.0. The van der Waals surface area contributed by atoms with E-state index >= 15 is 0 Å². The van der Waals surface area contributed by atoms with Crippen LogP contribution in [0.2, 0.25) is 0 Å². The second-order valence-electron chi connectivity index (χ2n) is 4.79. The number of ether oxygens (including phenoxy) is 3. The summed E-state index contributed by atoms with van der Waals surface area (Å²) in [5, 5.41) is 19.7. The fourth-order valence-electron chi connectivity index (χ4n) is 2.39. The van der Waals surface area contributed by atoms with Gasteiger partial charge in [-0.2, -0.15) is 0 Å². The number of aromatic hydroxyl groups is 2. The first-order chi connectivity index (χ1) is 10.6. The van der Waals surface area contributed by atoms with E-state index < -0.39 is 0 Å². The van der Waals surface area contributed by atoms with Crippen LogP contribution in [-0.2, 0) is 12.8 Å². The third-order valence-electron chi connectivity index (χ3n) is 3.57. The lowest BCUT2D eigenvalue weighted by molar-refractivity contribution is 0.368. The maximum absolute atomic E-state index is 9.86. The van der Waals surface area contributed by atoms with Gasteiger partial charge in [-0.15, -0.1) is 0 Å². The minimum Gasteiger partial charge on any atom is -0.508 e. The second kappa shape index (κ2) is 6.93. The van der Waals surface area contributed by atoms with E-state index in [-0.39, 0.29) is 11.5 Å². The van der Waals surface area contributed by atoms with Crippen LogP contribution in [0.25, 0.3) is 0 Å². The van der Waals surface area contributed by atoms with Crippen LogP contribution in [0.5, 0.6) is 28.7 Å². The molecule has 0 bridgehead atoms. The molecule has 2 aromatic rings. The van der Waals surface area contributed by atoms with E-state index in [2.05, 4.69) is 0 Å². The molecule has 0 radical (unpaired) electrons. The van der Waals surface area contributed by atoms with E-state index in [4.69, 9.17) is 14.2 Å². The van der Waals surface area contributed by atoms with Gasteiger partial charge in [0, 0.05) is 23.3 Å². The van der Waals surface area contributed by atoms with Crippen LogP contribution in [0.4, 0.5) is 0 Å². The third-order valence-corrected chi connectivity index (χ3v) is 3.57. The van der Waals surface area contributed by atoms with Crippen LogP contribution in [-0.4, -0.2) is 31.5 Å². The zero-order chi connectivity index (χ0) is 16.1. The average molecular weight is 304 g/mol. The van der Waals surface area contributed by atoms with Crippen molar-refractivity contribution in [3.63, 3.8) is 0 Å². The van der Waals surface area contributed by atoms with Gasteiger partial charge in [-0.05, 0) is 25.0 Å². The highest BCUT2D eigenvalue weighted by Gasteiger charge is 2.15. The fraction of sp³-hybridized carbons (Fsp3) is 0.294. The van der Waals surface area contributed by atoms with Crippen molar-refractivity contribution in [2.75, 3.05) is 21.3 Å². The Balaban J connectivity index is 2.32. The van der Waals surface area contributed by atoms with Crippen molar-refractivity contribution in [1.82, 2.24) is 0 Å². The zero-order valence-electron chi connectivity index (χ0n) is 12.9. The molecule has 118 valence electrons. The monoisotopic (exact) mass is 304 g/mol. The lowest BCUT2D eigenvalue weighted by Crippen LogP contribution is -2.01. The van der Waals surface area contributed by atoms with Crippen LogP contribution in [0.3, 0.4) is 0 Å². The Labute approximate surface area is 129 Å². The molecule has 0 aliphatic heterocycles. The quantitative estimate of drug-likeness (QED) is 0.859. The van der Waals surface area contributed by atoms with E-state index in [0.29, 0.717) is 35.7 Å². The number of phenolic OH excluding ortho intramolecular Hbond substituents is 2. The molecule has 0 spiro atoms. The first-order valence-electron chi connectivity index (χ1n) is 6.89. The van der Waals surface area contributed by atoms with Crippen LogP contribution in [0.15, 0.2) is 30.3 Å². The van der Waals surface area contributed by atoms with Crippen LogP contribution in [0, 0.1) is 0 Å². The molecular formula is C17H20O5. The Morgan fingerprint density at radius 1 is 0.773 bits per heavy atom. The molecule has 0 fully saturated rings. The van der Waals surface area contributed by atoms with Gasteiger partial charge in [-0.3, -0.25) is 0 Å². The van der Waals surface area contributed by atoms with E-state index in [1.165, 1.54) is 0 Å². The SMILES string of the molecule is COc1cc(OC)c(CCc2c(O)cccc2O)c(OC)c1. The van der Waals surface area contributed by atoms with Crippen molar-refractivity contribution in [1.29, 1.82) is 0 Å². The van der Waals surface area contributed by atoms with Gasteiger partial charge in [-0.25, -0.2) is 0 Å². The van der Waals surface area contributed by atoms with Gasteiger partial charge in [0.25, 0.3) is 0 Å². The normalized spacial score (nSPS) is 10.3. The van der Waals surface area contributed by atoms with Crippen LogP contribution >= 0.6 is 0 Å². The first-order valence-corrected chi connectivity index (χ1v) is 6.89. The molecule has 5 nitrogen and oxygen atoms in total. The fourth-order valence-corrected chi connectivity index (χ4v) is 2.39. The van der Waals surface area contributed by atoms with E-state index in [9.17, 15) is 10.2 Å². The summed E-state index contributed by atoms with van der Waals surface area (Å²) in [6.45, 7) is 0. The maximum atomic E-state index is 9.86. The molecule has 0 aliphatic rings. The molecule has 2 N–H and O–H groups in total. The Hall–Kier alpha value is -2.56. The largest absolute Gasteiger partial charge is 0.508 e. The summed E-state index contributed by atoms with van der Waals surface area (Å²) in [6, 6.07) is 8.27. The molecule has 22 heavy (non-hydrogen) atoms. The highest BCUT2D eigenvalue weighted by Crippen LogP contribution is 2.36. The highest BCUT2D eigenvalue weighted by molar-refractivity contribution is 5.52. The van der Waals surface area contributed by atoms with Gasteiger partial charge in [0.15, 0.2) is 0 Å². The van der Waals surface area contributed by atoms with Crippen molar-refractivity contribution in [2.24, 2.45) is 0 Å². The van der Waals surface area contributed by atoms with Crippen molar-refractivity contribution in [3.8, 4) is 28.7 Å². The molecule has 0 atom stereocenters. The Morgan fingerprint density at radius 2 is 1.27 bits per heavy atom. The number of rotatable bonds is 6. The van der Waals surface area contributed by atoms with Gasteiger partial charge in [-0.1, -0.05) is 6.07 Å². The summed E-state index contributed by atoms with van der Waals surface area (Å²) < 4.78 is 16.0. The molecule has 0 aliphatic carbocycles. The average Bonchev–Trinajstić information content (AvgIpc) is 2.53. The smallest absolute Gasteiger partial charge is 0.129 e. The Morgan fingerprint density at radius 3 is 1.73 bits per heavy atom. The van der Waals surface area contributed by atoms with Crippen LogP contribution in [0.1, 0.15) is 11.1 Å². The molecule has 0 heterocycles. The Kier molecular flexibility index (Phi) is 4.99. The van der Waals surface area contributed by atoms with E-state index in [1.807, 2.05) is 0 Å². The topological polar surface area (TPSA) is 68.2 Å². The van der Waals surface area contributed by atoms with Crippen molar-refractivity contribution in [2.45, 2.75) is 12.8 Å². The van der Waals surface area contributed by atoms with E-state index in [0.717, 1.165) is 5.56 Å². The summed E-state index contributed by atoms with van der Waals surface area (Å²) in [6.07, 6.45) is 0.999. The summed E-state index contributed by atoms with van der Waals surface area (Å²) in [5.74, 6) is 2.08. The lowest BCUT2D eigenvalue weighted by Gasteiger charge is -2.15. The molecule has 2 aromatic carbocycles. The number of hydrogen-bond acceptors (Lipinski definition) is 5. The van der Waals surface area contributed by atoms with Gasteiger partial charge in [0.2, 0.25) is 0 Å². The van der Waals surface area contributed by atoms with Gasteiger partial charge < -0.3 is 24.4 Å². The molecule has 0 aromatic heterocycles. The summed E-state index contributed by atoms with van der Waals surface area (Å²) in [5.41, 5.74) is 1.36. The number of methoxy groups -OCH3 is 3. The zero-order valence-corrected chi connectivity index (χ0v) is 12.9. The van der Waals surface area contributed by atoms with Crippen molar-refractivity contribution < 1.29 is 24.4 Å². The van der Waals surface area contributed by atoms with Gasteiger partial charge in [0.1, 0.15) is 28.7 Å².